The summed E-state index contributed by atoms with van der Waals surface area (Å²) in [5.41, 5.74) is 0. The van der Waals surface area contributed by atoms with Gasteiger partial charge < -0.3 is 4.90 Å². The first-order valence-corrected chi connectivity index (χ1v) is 8.56. The van der Waals surface area contributed by atoms with Crippen molar-refractivity contribution in [3.8, 4) is 0 Å². The van der Waals surface area contributed by atoms with Gasteiger partial charge in [0.1, 0.15) is 0 Å². The molecule has 5 nitrogen and oxygen atoms in total. The second kappa shape index (κ2) is 5.22. The number of amides is 1. The Labute approximate surface area is 117 Å². The molecule has 1 amide bonds. The zero-order valence-corrected chi connectivity index (χ0v) is 12.8. The Kier molecular flexibility index (Phi) is 3.98. The van der Waals surface area contributed by atoms with E-state index in [4.69, 9.17) is 0 Å². The zero-order valence-electron chi connectivity index (χ0n) is 11.2. The fourth-order valence-corrected chi connectivity index (χ4v) is 4.14. The Morgan fingerprint density at radius 1 is 1.53 bits per heavy atom. The van der Waals surface area contributed by atoms with E-state index in [2.05, 4.69) is 18.6 Å². The van der Waals surface area contributed by atoms with Crippen molar-refractivity contribution in [3.05, 3.63) is 16.3 Å². The van der Waals surface area contributed by atoms with Gasteiger partial charge in [-0.1, -0.05) is 13.8 Å². The van der Waals surface area contributed by atoms with Crippen molar-refractivity contribution in [1.82, 2.24) is 9.62 Å². The molecule has 1 aromatic rings. The van der Waals surface area contributed by atoms with Crippen LogP contribution in [0.4, 0.5) is 0 Å². The highest BCUT2D eigenvalue weighted by molar-refractivity contribution is 7.89. The number of carbonyl (C=O) groups excluding carboxylic acids is 1. The quantitative estimate of drug-likeness (QED) is 0.917. The molecule has 1 aliphatic rings. The molecule has 1 N–H and O–H groups in total. The fraction of sp³-hybridized carbons (Fsp3) is 0.583. The molecule has 1 atom stereocenters. The number of rotatable bonds is 4. The maximum Gasteiger partial charge on any atom is 0.264 e. The highest BCUT2D eigenvalue weighted by Crippen LogP contribution is 2.29. The molecule has 0 aromatic carbocycles. The maximum atomic E-state index is 12.3. The van der Waals surface area contributed by atoms with Gasteiger partial charge in [0.15, 0.2) is 0 Å². The van der Waals surface area contributed by atoms with E-state index in [0.29, 0.717) is 10.8 Å². The molecule has 0 bridgehead atoms. The molecule has 2 heterocycles. The molecule has 1 aliphatic heterocycles. The minimum Gasteiger partial charge on any atom is -0.335 e. The Hall–Kier alpha value is -0.920. The molecule has 0 saturated carbocycles. The van der Waals surface area contributed by atoms with Crippen molar-refractivity contribution in [2.75, 3.05) is 13.6 Å². The highest BCUT2D eigenvalue weighted by Gasteiger charge is 2.35. The Morgan fingerprint density at radius 3 is 2.68 bits per heavy atom. The summed E-state index contributed by atoms with van der Waals surface area (Å²) in [4.78, 5) is 14.8. The van der Waals surface area contributed by atoms with E-state index in [1.54, 1.807) is 0 Å². The van der Waals surface area contributed by atoms with Crippen LogP contribution in [-0.4, -0.2) is 38.9 Å². The van der Waals surface area contributed by atoms with Crippen LogP contribution in [0, 0.1) is 5.92 Å². The van der Waals surface area contributed by atoms with Crippen LogP contribution in [0.2, 0.25) is 0 Å². The van der Waals surface area contributed by atoms with Gasteiger partial charge in [-0.2, -0.15) is 0 Å². The Bertz CT molecular complexity index is 578. The summed E-state index contributed by atoms with van der Waals surface area (Å²) in [6, 6.07) is 1.73. The molecule has 1 saturated heterocycles. The number of sulfonamides is 1. The number of nitrogens with one attached hydrogen (secondary N) is 1. The smallest absolute Gasteiger partial charge is 0.264 e. The normalized spacial score (nSPS) is 19.6. The maximum absolute atomic E-state index is 12.3. The fourth-order valence-electron chi connectivity index (χ4n) is 2.18. The molecule has 0 radical (unpaired) electrons. The summed E-state index contributed by atoms with van der Waals surface area (Å²) in [5, 5.41) is 1.50. The van der Waals surface area contributed by atoms with Crippen LogP contribution in [0.25, 0.3) is 0 Å². The third-order valence-electron chi connectivity index (χ3n) is 3.46. The molecule has 19 heavy (non-hydrogen) atoms. The summed E-state index contributed by atoms with van der Waals surface area (Å²) < 4.78 is 25.5. The molecule has 0 spiro atoms. The van der Waals surface area contributed by atoms with E-state index < -0.39 is 10.0 Å². The summed E-state index contributed by atoms with van der Waals surface area (Å²) in [6.07, 6.45) is 1.02. The highest BCUT2D eigenvalue weighted by atomic mass is 32.2. The van der Waals surface area contributed by atoms with Gasteiger partial charge in [0.25, 0.3) is 5.91 Å². The van der Waals surface area contributed by atoms with E-state index in [-0.39, 0.29) is 16.8 Å². The molecule has 1 unspecified atom stereocenters. The first-order valence-electron chi connectivity index (χ1n) is 6.20. The molecule has 0 aliphatic carbocycles. The molecule has 7 heteroatoms. The van der Waals surface area contributed by atoms with Gasteiger partial charge in [-0.15, -0.1) is 11.3 Å². The lowest BCUT2D eigenvalue weighted by atomic mass is 9.92. The summed E-state index contributed by atoms with van der Waals surface area (Å²) >= 11 is 1.18. The number of likely N-dealkylation sites (tertiary alicyclic amines) is 1. The lowest BCUT2D eigenvalue weighted by Gasteiger charge is -2.43. The van der Waals surface area contributed by atoms with Crippen LogP contribution < -0.4 is 4.72 Å². The molecule has 1 fully saturated rings. The Morgan fingerprint density at radius 2 is 2.21 bits per heavy atom. The van der Waals surface area contributed by atoms with Crippen molar-refractivity contribution >= 4 is 27.3 Å². The van der Waals surface area contributed by atoms with E-state index in [1.165, 1.54) is 29.8 Å². The van der Waals surface area contributed by atoms with Gasteiger partial charge in [-0.05, 0) is 25.5 Å². The van der Waals surface area contributed by atoms with Crippen LogP contribution in [0.1, 0.15) is 29.9 Å². The molecule has 1 aromatic heterocycles. The predicted octanol–water partition coefficient (Wildman–Crippen LogP) is 1.53. The Balaban J connectivity index is 2.18. The van der Waals surface area contributed by atoms with E-state index in [1.807, 2.05) is 4.90 Å². The standard InChI is InChI=1S/C12H18N2O3S2/c1-8(2)10-4-5-14(10)12(15)11-6-9(7-18-11)19(16,17)13-3/h6-8,10,13H,4-5H2,1-3H3. The third-order valence-corrected chi connectivity index (χ3v) is 5.92. The van der Waals surface area contributed by atoms with Gasteiger partial charge in [0.2, 0.25) is 10.0 Å². The first-order chi connectivity index (χ1) is 8.86. The second-order valence-corrected chi connectivity index (χ2v) is 7.75. The third kappa shape index (κ3) is 2.68. The number of thiophene rings is 1. The van der Waals surface area contributed by atoms with Crippen LogP contribution in [0.5, 0.6) is 0 Å². The van der Waals surface area contributed by atoms with Crippen LogP contribution in [0.15, 0.2) is 16.3 Å². The van der Waals surface area contributed by atoms with Crippen molar-refractivity contribution in [3.63, 3.8) is 0 Å². The van der Waals surface area contributed by atoms with Crippen molar-refractivity contribution < 1.29 is 13.2 Å². The van der Waals surface area contributed by atoms with Crippen LogP contribution in [-0.2, 0) is 10.0 Å². The van der Waals surface area contributed by atoms with Crippen LogP contribution >= 0.6 is 11.3 Å². The minimum absolute atomic E-state index is 0.0625. The average Bonchev–Trinajstić information content (AvgIpc) is 2.76. The van der Waals surface area contributed by atoms with Crippen molar-refractivity contribution in [1.29, 1.82) is 0 Å². The monoisotopic (exact) mass is 302 g/mol. The second-order valence-electron chi connectivity index (χ2n) is 4.95. The zero-order chi connectivity index (χ0) is 14.2. The molecular formula is C12H18N2O3S2. The first kappa shape index (κ1) is 14.5. The lowest BCUT2D eigenvalue weighted by molar-refractivity contribution is 0.0352. The summed E-state index contributed by atoms with van der Waals surface area (Å²) in [5.74, 6) is 0.366. The van der Waals surface area contributed by atoms with Crippen molar-refractivity contribution in [2.45, 2.75) is 31.2 Å². The summed E-state index contributed by atoms with van der Waals surface area (Å²) in [6.45, 7) is 4.94. The van der Waals surface area contributed by atoms with Crippen molar-refractivity contribution in [2.24, 2.45) is 5.92 Å². The summed E-state index contributed by atoms with van der Waals surface area (Å²) in [7, 11) is -2.11. The lowest BCUT2D eigenvalue weighted by Crippen LogP contribution is -2.53. The van der Waals surface area contributed by atoms with E-state index >= 15 is 0 Å². The van der Waals surface area contributed by atoms with E-state index in [0.717, 1.165) is 13.0 Å². The largest absolute Gasteiger partial charge is 0.335 e. The number of hydrogen-bond donors (Lipinski definition) is 1. The molecule has 106 valence electrons. The topological polar surface area (TPSA) is 66.5 Å². The van der Waals surface area contributed by atoms with Gasteiger partial charge in [-0.25, -0.2) is 13.1 Å². The van der Waals surface area contributed by atoms with Gasteiger partial charge in [0, 0.05) is 18.0 Å². The van der Waals surface area contributed by atoms with Gasteiger partial charge in [0.05, 0.1) is 9.77 Å². The average molecular weight is 302 g/mol. The van der Waals surface area contributed by atoms with Gasteiger partial charge in [-0.3, -0.25) is 4.79 Å². The SMILES string of the molecule is CNS(=O)(=O)c1csc(C(=O)N2CCC2C(C)C)c1. The molecular weight excluding hydrogens is 284 g/mol. The van der Waals surface area contributed by atoms with Crippen LogP contribution in [0.3, 0.4) is 0 Å². The number of nitrogens with zero attached hydrogens (tertiary/aromatic N) is 1. The van der Waals surface area contributed by atoms with E-state index in [9.17, 15) is 13.2 Å². The number of carbonyl (C=O) groups is 1. The molecule has 2 rings (SSSR count). The minimum atomic E-state index is -3.47. The number of hydrogen-bond acceptors (Lipinski definition) is 4. The predicted molar refractivity (Wildman–Crippen MR) is 74.8 cm³/mol. The van der Waals surface area contributed by atoms with Gasteiger partial charge >= 0.3 is 0 Å².